The SMILES string of the molecule is CC(C)CCCCc1ccc(-c2cnc(-c3ccc(C[C@H](C)C(=O)N4CC(C(=O)N=O)C4)cc3)nc2)cc1. The van der Waals surface area contributed by atoms with E-state index in [1.54, 1.807) is 4.90 Å². The normalized spacial score (nSPS) is 14.3. The van der Waals surface area contributed by atoms with E-state index in [0.717, 1.165) is 34.6 Å². The molecule has 1 aliphatic heterocycles. The van der Waals surface area contributed by atoms with Crippen LogP contribution in [0.4, 0.5) is 0 Å². The quantitative estimate of drug-likeness (QED) is 0.228. The zero-order valence-electron chi connectivity index (χ0n) is 22.5. The minimum Gasteiger partial charge on any atom is -0.341 e. The average molecular weight is 513 g/mol. The predicted molar refractivity (Wildman–Crippen MR) is 149 cm³/mol. The monoisotopic (exact) mass is 512 g/mol. The Balaban J connectivity index is 1.29. The van der Waals surface area contributed by atoms with Gasteiger partial charge in [0.2, 0.25) is 5.91 Å². The van der Waals surface area contributed by atoms with Gasteiger partial charge < -0.3 is 4.90 Å². The van der Waals surface area contributed by atoms with Crippen molar-refractivity contribution >= 4 is 11.8 Å². The largest absolute Gasteiger partial charge is 0.341 e. The number of hydrogen-bond donors (Lipinski definition) is 0. The van der Waals surface area contributed by atoms with Gasteiger partial charge in [-0.25, -0.2) is 9.97 Å². The number of rotatable bonds is 11. The maximum absolute atomic E-state index is 12.6. The molecule has 0 unspecified atom stereocenters. The van der Waals surface area contributed by atoms with Gasteiger partial charge in [0.25, 0.3) is 5.91 Å². The second-order valence-electron chi connectivity index (χ2n) is 10.8. The summed E-state index contributed by atoms with van der Waals surface area (Å²) < 4.78 is 0. The van der Waals surface area contributed by atoms with Crippen LogP contribution in [-0.2, 0) is 22.4 Å². The first-order valence-electron chi connectivity index (χ1n) is 13.5. The van der Waals surface area contributed by atoms with Crippen LogP contribution in [0.2, 0.25) is 0 Å². The second-order valence-corrected chi connectivity index (χ2v) is 10.8. The molecule has 4 rings (SSSR count). The molecule has 2 amide bonds. The number of hydrogen-bond acceptors (Lipinski definition) is 5. The van der Waals surface area contributed by atoms with Crippen LogP contribution in [-0.4, -0.2) is 39.8 Å². The van der Waals surface area contributed by atoms with Gasteiger partial charge in [0.15, 0.2) is 5.82 Å². The molecule has 198 valence electrons. The number of aryl methyl sites for hydroxylation is 1. The summed E-state index contributed by atoms with van der Waals surface area (Å²) >= 11 is 0. The highest BCUT2D eigenvalue weighted by Gasteiger charge is 2.37. The molecule has 0 N–H and O–H groups in total. The third-order valence-corrected chi connectivity index (χ3v) is 7.24. The van der Waals surface area contributed by atoms with Crippen molar-refractivity contribution in [3.63, 3.8) is 0 Å². The summed E-state index contributed by atoms with van der Waals surface area (Å²) in [5.41, 5.74) is 5.42. The van der Waals surface area contributed by atoms with Gasteiger partial charge in [0, 0.05) is 47.7 Å². The molecular formula is C31H36N4O3. The Morgan fingerprint density at radius 3 is 2.08 bits per heavy atom. The van der Waals surface area contributed by atoms with E-state index < -0.39 is 11.8 Å². The van der Waals surface area contributed by atoms with Crippen molar-refractivity contribution in [1.82, 2.24) is 14.9 Å². The van der Waals surface area contributed by atoms with Crippen molar-refractivity contribution in [2.75, 3.05) is 13.1 Å². The Bertz CT molecular complexity index is 1230. The Morgan fingerprint density at radius 2 is 1.47 bits per heavy atom. The van der Waals surface area contributed by atoms with E-state index in [-0.39, 0.29) is 24.9 Å². The molecule has 7 nitrogen and oxygen atoms in total. The van der Waals surface area contributed by atoms with Crippen LogP contribution < -0.4 is 0 Å². The molecule has 0 aliphatic carbocycles. The predicted octanol–water partition coefficient (Wildman–Crippen LogP) is 6.11. The van der Waals surface area contributed by atoms with Gasteiger partial charge >= 0.3 is 0 Å². The molecule has 3 aromatic rings. The third kappa shape index (κ3) is 6.97. The molecule has 0 saturated carbocycles. The van der Waals surface area contributed by atoms with E-state index in [2.05, 4.69) is 53.3 Å². The van der Waals surface area contributed by atoms with Crippen molar-refractivity contribution in [3.8, 4) is 22.5 Å². The summed E-state index contributed by atoms with van der Waals surface area (Å²) in [6.07, 6.45) is 9.22. The zero-order chi connectivity index (χ0) is 27.1. The number of unbranched alkanes of at least 4 members (excludes halogenated alkanes) is 1. The number of benzene rings is 2. The van der Waals surface area contributed by atoms with Crippen molar-refractivity contribution in [2.45, 2.75) is 52.9 Å². The van der Waals surface area contributed by atoms with Gasteiger partial charge in [0.05, 0.1) is 5.92 Å². The Hall–Kier alpha value is -3.74. The summed E-state index contributed by atoms with van der Waals surface area (Å²) in [5.74, 6) is 0.0773. The van der Waals surface area contributed by atoms with Crippen LogP contribution in [0.25, 0.3) is 22.5 Å². The van der Waals surface area contributed by atoms with Crippen LogP contribution in [0.1, 0.15) is 51.2 Å². The Morgan fingerprint density at radius 1 is 0.868 bits per heavy atom. The van der Waals surface area contributed by atoms with E-state index in [1.807, 2.05) is 43.6 Å². The highest BCUT2D eigenvalue weighted by atomic mass is 16.3. The van der Waals surface area contributed by atoms with E-state index >= 15 is 0 Å². The molecule has 2 aromatic carbocycles. The fourth-order valence-electron chi connectivity index (χ4n) is 4.80. The summed E-state index contributed by atoms with van der Waals surface area (Å²) in [6.45, 7) is 6.99. The van der Waals surface area contributed by atoms with Crippen LogP contribution in [0, 0.1) is 22.7 Å². The molecule has 1 saturated heterocycles. The van der Waals surface area contributed by atoms with Crippen LogP contribution in [0.15, 0.2) is 66.1 Å². The molecule has 2 heterocycles. The summed E-state index contributed by atoms with van der Waals surface area (Å²) in [4.78, 5) is 45.1. The number of likely N-dealkylation sites (tertiary alicyclic amines) is 1. The number of amides is 2. The fraction of sp³-hybridized carbons (Fsp3) is 0.419. The lowest BCUT2D eigenvalue weighted by molar-refractivity contribution is -0.144. The average Bonchev–Trinajstić information content (AvgIpc) is 2.91. The Labute approximate surface area is 224 Å². The van der Waals surface area contributed by atoms with Crippen LogP contribution in [0.3, 0.4) is 0 Å². The lowest BCUT2D eigenvalue weighted by Gasteiger charge is -2.38. The molecule has 1 aliphatic rings. The first kappa shape index (κ1) is 27.3. The van der Waals surface area contributed by atoms with E-state index in [9.17, 15) is 14.5 Å². The fourth-order valence-corrected chi connectivity index (χ4v) is 4.80. The molecule has 1 atom stereocenters. The van der Waals surface area contributed by atoms with Gasteiger partial charge in [-0.05, 0) is 41.9 Å². The summed E-state index contributed by atoms with van der Waals surface area (Å²) in [7, 11) is 0. The number of nitroso groups, excluding NO2 is 1. The van der Waals surface area contributed by atoms with Gasteiger partial charge in [-0.2, -0.15) is 0 Å². The number of carbonyl (C=O) groups is 2. The highest BCUT2D eigenvalue weighted by molar-refractivity contribution is 5.85. The smallest absolute Gasteiger partial charge is 0.292 e. The van der Waals surface area contributed by atoms with Crippen LogP contribution >= 0.6 is 0 Å². The zero-order valence-corrected chi connectivity index (χ0v) is 22.5. The molecule has 7 heteroatoms. The maximum atomic E-state index is 12.6. The molecule has 0 radical (unpaired) electrons. The lowest BCUT2D eigenvalue weighted by atomic mass is 9.94. The molecule has 38 heavy (non-hydrogen) atoms. The third-order valence-electron chi connectivity index (χ3n) is 7.24. The summed E-state index contributed by atoms with van der Waals surface area (Å²) in [5, 5.41) is 2.45. The minimum atomic E-state index is -0.673. The maximum Gasteiger partial charge on any atom is 0.292 e. The molecule has 1 fully saturated rings. The lowest BCUT2D eigenvalue weighted by Crippen LogP contribution is -2.54. The number of carbonyl (C=O) groups excluding carboxylic acids is 2. The van der Waals surface area contributed by atoms with Crippen LogP contribution in [0.5, 0.6) is 0 Å². The first-order valence-corrected chi connectivity index (χ1v) is 13.5. The van der Waals surface area contributed by atoms with Crippen molar-refractivity contribution in [1.29, 1.82) is 0 Å². The van der Waals surface area contributed by atoms with Gasteiger partial charge in [-0.3, -0.25) is 9.59 Å². The van der Waals surface area contributed by atoms with Gasteiger partial charge in [-0.15, -0.1) is 4.91 Å². The van der Waals surface area contributed by atoms with Crippen molar-refractivity contribution in [3.05, 3.63) is 77.0 Å². The van der Waals surface area contributed by atoms with Gasteiger partial charge in [0.1, 0.15) is 0 Å². The number of nitrogens with zero attached hydrogens (tertiary/aromatic N) is 4. The standard InChI is InChI=1S/C31H36N4O3/c1-21(2)6-4-5-7-23-8-12-25(13-9-23)27-17-32-29(33-18-27)26-14-10-24(11-15-26)16-22(3)31(37)35-19-28(20-35)30(36)34-38/h8-15,17-18,21-22,28H,4-7,16,19-20H2,1-3H3/t22-/m0/s1. The minimum absolute atomic E-state index is 0.0119. The number of aromatic nitrogens is 2. The second kappa shape index (κ2) is 12.7. The highest BCUT2D eigenvalue weighted by Crippen LogP contribution is 2.24. The molecule has 1 aromatic heterocycles. The van der Waals surface area contributed by atoms with E-state index in [0.29, 0.717) is 12.2 Å². The topological polar surface area (TPSA) is 92.6 Å². The van der Waals surface area contributed by atoms with E-state index in [4.69, 9.17) is 0 Å². The van der Waals surface area contributed by atoms with E-state index in [1.165, 1.54) is 24.8 Å². The molecule has 0 bridgehead atoms. The van der Waals surface area contributed by atoms with Gasteiger partial charge in [-0.1, -0.05) is 82.1 Å². The van der Waals surface area contributed by atoms with Crippen molar-refractivity contribution < 1.29 is 9.59 Å². The molecule has 0 spiro atoms. The summed E-state index contributed by atoms with van der Waals surface area (Å²) in [6, 6.07) is 16.6. The van der Waals surface area contributed by atoms with Crippen molar-refractivity contribution in [2.24, 2.45) is 22.9 Å². The molecular weight excluding hydrogens is 476 g/mol. The first-order chi connectivity index (χ1) is 18.3. The Kier molecular flexibility index (Phi) is 9.10.